The summed E-state index contributed by atoms with van der Waals surface area (Å²) in [5, 5.41) is 3.39. The number of furan rings is 2. The van der Waals surface area contributed by atoms with Crippen molar-refractivity contribution in [2.75, 3.05) is 13.6 Å². The second-order valence-electron chi connectivity index (χ2n) is 4.86. The lowest BCUT2D eigenvalue weighted by atomic mass is 10.1. The molecular formula is C16H16NO3Si. The molecule has 0 saturated carbocycles. The highest BCUT2D eigenvalue weighted by atomic mass is 28.1. The normalized spacial score (nSPS) is 14.2. The average Bonchev–Trinajstić information content (AvgIpc) is 3.16. The molecule has 4 nitrogen and oxygen atoms in total. The molecule has 0 spiro atoms. The van der Waals surface area contributed by atoms with Gasteiger partial charge < -0.3 is 18.9 Å². The fourth-order valence-electron chi connectivity index (χ4n) is 2.27. The molecule has 2 aromatic heterocycles. The summed E-state index contributed by atoms with van der Waals surface area (Å²) in [5.41, 5.74) is 0.733. The number of rotatable bonds is 6. The molecule has 0 aliphatic rings. The van der Waals surface area contributed by atoms with Gasteiger partial charge in [-0.2, -0.15) is 0 Å². The first-order valence-corrected chi connectivity index (χ1v) is 7.32. The van der Waals surface area contributed by atoms with Crippen LogP contribution in [0.3, 0.4) is 0 Å². The van der Waals surface area contributed by atoms with Gasteiger partial charge in [0.1, 0.15) is 21.2 Å². The van der Waals surface area contributed by atoms with Crippen LogP contribution in [-0.2, 0) is 5.22 Å². The van der Waals surface area contributed by atoms with E-state index in [4.69, 9.17) is 13.6 Å². The third-order valence-electron chi connectivity index (χ3n) is 3.37. The third kappa shape index (κ3) is 2.75. The summed E-state index contributed by atoms with van der Waals surface area (Å²) in [7, 11) is 5.65. The smallest absolute Gasteiger partial charge is 0.175 e. The van der Waals surface area contributed by atoms with Crippen molar-refractivity contribution in [2.45, 2.75) is 11.6 Å². The van der Waals surface area contributed by atoms with Gasteiger partial charge in [-0.15, -0.1) is 0 Å². The second-order valence-corrected chi connectivity index (χ2v) is 5.66. The molecule has 3 rings (SSSR count). The molecule has 107 valence electrons. The van der Waals surface area contributed by atoms with Crippen LogP contribution in [0.5, 0.6) is 5.75 Å². The Bertz CT molecular complexity index is 707. The topological polar surface area (TPSA) is 47.5 Å². The Morgan fingerprint density at radius 2 is 2.05 bits per heavy atom. The van der Waals surface area contributed by atoms with E-state index in [9.17, 15) is 0 Å². The van der Waals surface area contributed by atoms with E-state index in [-0.39, 0.29) is 0 Å². The molecule has 3 aromatic rings. The van der Waals surface area contributed by atoms with Crippen molar-refractivity contribution < 1.29 is 13.6 Å². The minimum atomic E-state index is -0.742. The van der Waals surface area contributed by atoms with Crippen LogP contribution in [0, 0.1) is 0 Å². The highest BCUT2D eigenvalue weighted by molar-refractivity contribution is 6.14. The maximum absolute atomic E-state index is 6.21. The summed E-state index contributed by atoms with van der Waals surface area (Å²) in [6.45, 7) is 0.776. The number of ether oxygens (including phenoxy) is 1. The largest absolute Gasteiger partial charge is 0.480 e. The van der Waals surface area contributed by atoms with Crippen LogP contribution in [0.15, 0.2) is 57.8 Å². The summed E-state index contributed by atoms with van der Waals surface area (Å²) in [4.78, 5) is 0. The lowest BCUT2D eigenvalue weighted by molar-refractivity contribution is 0.120. The van der Waals surface area contributed by atoms with Crippen LogP contribution in [0.4, 0.5) is 0 Å². The SMILES string of the molecule is CNCC[C@@]([Si])(Oc1cccc2ccoc12)c1ccco1. The van der Waals surface area contributed by atoms with Crippen LogP contribution in [0.25, 0.3) is 11.0 Å². The fraction of sp³-hybridized carbons (Fsp3) is 0.250. The first-order chi connectivity index (χ1) is 10.2. The molecule has 21 heavy (non-hydrogen) atoms. The zero-order chi connectivity index (χ0) is 14.7. The monoisotopic (exact) mass is 298 g/mol. The first kappa shape index (κ1) is 14.0. The molecule has 1 N–H and O–H groups in total. The fourth-order valence-corrected chi connectivity index (χ4v) is 2.64. The standard InChI is InChI=1S/C16H16NO3Si/c1-17-9-8-16(21,14-6-3-10-18-14)20-13-5-2-4-12-7-11-19-15(12)13/h2-7,10-11,17H,8-9H2,1H3/t16-/m0/s1. The Balaban J connectivity index is 1.96. The Kier molecular flexibility index (Phi) is 3.85. The minimum Gasteiger partial charge on any atom is -0.480 e. The van der Waals surface area contributed by atoms with E-state index in [1.165, 1.54) is 0 Å². The van der Waals surface area contributed by atoms with Gasteiger partial charge in [-0.25, -0.2) is 0 Å². The van der Waals surface area contributed by atoms with Gasteiger partial charge in [-0.05, 0) is 37.9 Å². The Morgan fingerprint density at radius 3 is 2.81 bits per heavy atom. The molecule has 0 fully saturated rings. The van der Waals surface area contributed by atoms with E-state index in [0.29, 0.717) is 12.2 Å². The van der Waals surface area contributed by atoms with Gasteiger partial charge in [0.05, 0.1) is 12.5 Å². The van der Waals surface area contributed by atoms with Crippen molar-refractivity contribution in [3.05, 3.63) is 54.7 Å². The van der Waals surface area contributed by atoms with E-state index >= 15 is 0 Å². The summed E-state index contributed by atoms with van der Waals surface area (Å²) < 4.78 is 17.3. The quantitative estimate of drug-likeness (QED) is 0.711. The van der Waals surface area contributed by atoms with Crippen molar-refractivity contribution in [2.24, 2.45) is 0 Å². The molecule has 0 amide bonds. The van der Waals surface area contributed by atoms with E-state index < -0.39 is 5.22 Å². The average molecular weight is 298 g/mol. The summed E-state index contributed by atoms with van der Waals surface area (Å²) in [5.74, 6) is 1.40. The predicted molar refractivity (Wildman–Crippen MR) is 81.5 cm³/mol. The van der Waals surface area contributed by atoms with Gasteiger partial charge in [0.25, 0.3) is 0 Å². The van der Waals surface area contributed by atoms with Crippen molar-refractivity contribution in [1.82, 2.24) is 5.32 Å². The van der Waals surface area contributed by atoms with Gasteiger partial charge >= 0.3 is 0 Å². The molecule has 2 heterocycles. The molecular weight excluding hydrogens is 282 g/mol. The maximum atomic E-state index is 6.21. The van der Waals surface area contributed by atoms with Crippen molar-refractivity contribution in [3.8, 4) is 5.75 Å². The molecule has 0 aliphatic carbocycles. The summed E-state index contributed by atoms with van der Waals surface area (Å²) in [6, 6.07) is 11.5. The van der Waals surface area contributed by atoms with Crippen molar-refractivity contribution in [1.29, 1.82) is 0 Å². The number of para-hydroxylation sites is 1. The first-order valence-electron chi connectivity index (χ1n) is 6.82. The van der Waals surface area contributed by atoms with E-state index in [2.05, 4.69) is 15.6 Å². The van der Waals surface area contributed by atoms with Gasteiger partial charge in [0, 0.05) is 11.8 Å². The lowest BCUT2D eigenvalue weighted by Gasteiger charge is -2.29. The minimum absolute atomic E-state index is 0.681. The van der Waals surface area contributed by atoms with Gasteiger partial charge in [-0.3, -0.25) is 0 Å². The van der Waals surface area contributed by atoms with E-state index in [1.807, 2.05) is 43.4 Å². The van der Waals surface area contributed by atoms with Crippen molar-refractivity contribution in [3.63, 3.8) is 0 Å². The Morgan fingerprint density at radius 1 is 1.14 bits per heavy atom. The molecule has 0 saturated heterocycles. The van der Waals surface area contributed by atoms with Crippen LogP contribution < -0.4 is 10.1 Å². The van der Waals surface area contributed by atoms with Gasteiger partial charge in [0.15, 0.2) is 11.3 Å². The molecule has 0 bridgehead atoms. The number of hydrogen-bond acceptors (Lipinski definition) is 4. The molecule has 1 aromatic carbocycles. The van der Waals surface area contributed by atoms with Crippen LogP contribution in [0.1, 0.15) is 12.2 Å². The molecule has 0 unspecified atom stereocenters. The van der Waals surface area contributed by atoms with Crippen LogP contribution in [0.2, 0.25) is 0 Å². The number of hydrogen-bond donors (Lipinski definition) is 1. The summed E-state index contributed by atoms with van der Waals surface area (Å²) >= 11 is 0. The zero-order valence-electron chi connectivity index (χ0n) is 11.8. The molecule has 3 radical (unpaired) electrons. The van der Waals surface area contributed by atoms with Gasteiger partial charge in [-0.1, -0.05) is 12.1 Å². The van der Waals surface area contributed by atoms with E-state index in [1.54, 1.807) is 12.5 Å². The van der Waals surface area contributed by atoms with E-state index in [0.717, 1.165) is 23.3 Å². The molecule has 0 aliphatic heterocycles. The van der Waals surface area contributed by atoms with Crippen LogP contribution >= 0.6 is 0 Å². The molecule has 5 heteroatoms. The molecule has 1 atom stereocenters. The van der Waals surface area contributed by atoms with Gasteiger partial charge in [0.2, 0.25) is 0 Å². The number of nitrogens with one attached hydrogen (secondary N) is 1. The highest BCUT2D eigenvalue weighted by Gasteiger charge is 2.32. The Labute approximate surface area is 126 Å². The Hall–Kier alpha value is -1.98. The lowest BCUT2D eigenvalue weighted by Crippen LogP contribution is -2.36. The maximum Gasteiger partial charge on any atom is 0.175 e. The van der Waals surface area contributed by atoms with Crippen LogP contribution in [-0.4, -0.2) is 23.8 Å². The van der Waals surface area contributed by atoms with Crippen molar-refractivity contribution >= 4 is 21.2 Å². The number of benzene rings is 1. The second kappa shape index (κ2) is 5.79. The zero-order valence-corrected chi connectivity index (χ0v) is 12.8. The predicted octanol–water partition coefficient (Wildman–Crippen LogP) is 3.04. The highest BCUT2D eigenvalue weighted by Crippen LogP contribution is 2.34. The third-order valence-corrected chi connectivity index (χ3v) is 3.97. The summed E-state index contributed by atoms with van der Waals surface area (Å²) in [6.07, 6.45) is 4.00. The number of fused-ring (bicyclic) bond motifs is 1.